The number of nitriles is 1. The lowest BCUT2D eigenvalue weighted by atomic mass is 10.2. The molecule has 0 bridgehead atoms. The number of hydrogen-bond acceptors (Lipinski definition) is 5. The van der Waals surface area contributed by atoms with Gasteiger partial charge in [-0.1, -0.05) is 0 Å². The van der Waals surface area contributed by atoms with Gasteiger partial charge in [0.25, 0.3) is 0 Å². The van der Waals surface area contributed by atoms with E-state index in [9.17, 15) is 4.79 Å². The Kier molecular flexibility index (Phi) is 3.02. The fourth-order valence-corrected chi connectivity index (χ4v) is 0.924. The zero-order chi connectivity index (χ0) is 10.6. The molecule has 0 aliphatic heterocycles. The molecule has 0 unspecified atom stereocenters. The first-order valence-electron chi connectivity index (χ1n) is 3.76. The number of rotatable bonds is 2. The minimum Gasteiger partial charge on any atom is -0.480 e. The van der Waals surface area contributed by atoms with Crippen LogP contribution in [0.2, 0.25) is 0 Å². The first-order valence-corrected chi connectivity index (χ1v) is 3.76. The van der Waals surface area contributed by atoms with Crippen molar-refractivity contribution in [2.24, 2.45) is 0 Å². The number of methoxy groups -OCH3 is 2. The number of aromatic nitrogens is 1. The molecule has 0 radical (unpaired) electrons. The van der Waals surface area contributed by atoms with Crippen molar-refractivity contribution in [1.29, 1.82) is 5.26 Å². The van der Waals surface area contributed by atoms with Gasteiger partial charge in [-0.15, -0.1) is 0 Å². The summed E-state index contributed by atoms with van der Waals surface area (Å²) >= 11 is 0. The van der Waals surface area contributed by atoms with Crippen LogP contribution in [0.15, 0.2) is 12.1 Å². The maximum Gasteiger partial charge on any atom is 0.343 e. The zero-order valence-corrected chi connectivity index (χ0v) is 7.77. The number of ether oxygens (including phenoxy) is 2. The summed E-state index contributed by atoms with van der Waals surface area (Å²) in [5.41, 5.74) is 0.392. The standard InChI is InChI=1S/C9H8N2O3/c1-13-8-7(9(12)14-2)4-3-6(5-10)11-8/h3-4H,1-2H3. The molecular weight excluding hydrogens is 184 g/mol. The quantitative estimate of drug-likeness (QED) is 0.646. The molecule has 1 rings (SSSR count). The molecule has 5 nitrogen and oxygen atoms in total. The molecular formula is C9H8N2O3. The average molecular weight is 192 g/mol. The maximum absolute atomic E-state index is 11.2. The molecule has 1 aromatic heterocycles. The van der Waals surface area contributed by atoms with Gasteiger partial charge in [0.15, 0.2) is 0 Å². The van der Waals surface area contributed by atoms with Crippen LogP contribution < -0.4 is 4.74 Å². The van der Waals surface area contributed by atoms with E-state index in [2.05, 4.69) is 9.72 Å². The number of carbonyl (C=O) groups is 1. The van der Waals surface area contributed by atoms with Crippen molar-refractivity contribution in [3.05, 3.63) is 23.4 Å². The summed E-state index contributed by atoms with van der Waals surface area (Å²) in [6.07, 6.45) is 0. The van der Waals surface area contributed by atoms with E-state index >= 15 is 0 Å². The summed E-state index contributed by atoms with van der Waals surface area (Å²) in [6.45, 7) is 0. The number of carbonyl (C=O) groups excluding carboxylic acids is 1. The molecule has 5 heteroatoms. The lowest BCUT2D eigenvalue weighted by Crippen LogP contribution is -2.06. The predicted octanol–water partition coefficient (Wildman–Crippen LogP) is 0.748. The lowest BCUT2D eigenvalue weighted by molar-refractivity contribution is 0.0596. The second kappa shape index (κ2) is 4.23. The van der Waals surface area contributed by atoms with Crippen molar-refractivity contribution in [2.45, 2.75) is 0 Å². The third-order valence-corrected chi connectivity index (χ3v) is 1.57. The van der Waals surface area contributed by atoms with E-state index in [1.165, 1.54) is 26.4 Å². The van der Waals surface area contributed by atoms with Gasteiger partial charge in [0.2, 0.25) is 5.88 Å². The minimum atomic E-state index is -0.543. The van der Waals surface area contributed by atoms with Crippen molar-refractivity contribution in [3.63, 3.8) is 0 Å². The minimum absolute atomic E-state index is 0.0934. The summed E-state index contributed by atoms with van der Waals surface area (Å²) < 4.78 is 9.36. The van der Waals surface area contributed by atoms with Crippen LogP contribution in [0, 0.1) is 11.3 Å². The zero-order valence-electron chi connectivity index (χ0n) is 7.77. The SMILES string of the molecule is COC(=O)c1ccc(C#N)nc1OC. The summed E-state index contributed by atoms with van der Waals surface area (Å²) in [5.74, 6) is -0.449. The van der Waals surface area contributed by atoms with Crippen molar-refractivity contribution in [1.82, 2.24) is 4.98 Å². The van der Waals surface area contributed by atoms with E-state index in [0.717, 1.165) is 0 Å². The van der Waals surface area contributed by atoms with Crippen LogP contribution in [0.5, 0.6) is 5.88 Å². The lowest BCUT2D eigenvalue weighted by Gasteiger charge is -2.04. The summed E-state index contributed by atoms with van der Waals surface area (Å²) in [5, 5.41) is 8.56. The second-order valence-corrected chi connectivity index (χ2v) is 2.36. The molecule has 0 amide bonds. The highest BCUT2D eigenvalue weighted by Crippen LogP contribution is 2.16. The summed E-state index contributed by atoms with van der Waals surface area (Å²) in [7, 11) is 2.63. The van der Waals surface area contributed by atoms with Gasteiger partial charge in [-0.2, -0.15) is 5.26 Å². The maximum atomic E-state index is 11.2. The fourth-order valence-electron chi connectivity index (χ4n) is 0.924. The monoisotopic (exact) mass is 192 g/mol. The highest BCUT2D eigenvalue weighted by atomic mass is 16.5. The van der Waals surface area contributed by atoms with E-state index in [1.807, 2.05) is 6.07 Å². The largest absolute Gasteiger partial charge is 0.480 e. The third kappa shape index (κ3) is 1.80. The molecule has 0 aliphatic rings. The van der Waals surface area contributed by atoms with E-state index in [1.54, 1.807) is 0 Å². The van der Waals surface area contributed by atoms with Gasteiger partial charge in [0.1, 0.15) is 17.3 Å². The van der Waals surface area contributed by atoms with Crippen molar-refractivity contribution in [2.75, 3.05) is 14.2 Å². The first-order chi connectivity index (χ1) is 6.72. The molecule has 0 saturated heterocycles. The Morgan fingerprint density at radius 1 is 1.50 bits per heavy atom. The van der Waals surface area contributed by atoms with Gasteiger partial charge in [-0.05, 0) is 12.1 Å². The molecule has 0 aromatic carbocycles. The number of esters is 1. The van der Waals surface area contributed by atoms with Crippen LogP contribution >= 0.6 is 0 Å². The first kappa shape index (κ1) is 9.99. The van der Waals surface area contributed by atoms with Crippen LogP contribution in [-0.4, -0.2) is 25.2 Å². The molecule has 0 atom stereocenters. The van der Waals surface area contributed by atoms with Crippen molar-refractivity contribution in [3.8, 4) is 11.9 Å². The molecule has 0 spiro atoms. The van der Waals surface area contributed by atoms with Gasteiger partial charge in [0, 0.05) is 0 Å². The summed E-state index contributed by atoms with van der Waals surface area (Å²) in [6, 6.07) is 4.71. The normalized spacial score (nSPS) is 8.93. The van der Waals surface area contributed by atoms with E-state index in [-0.39, 0.29) is 17.1 Å². The Labute approximate surface area is 80.9 Å². The van der Waals surface area contributed by atoms with Gasteiger partial charge in [-0.3, -0.25) is 0 Å². The summed E-state index contributed by atoms with van der Waals surface area (Å²) in [4.78, 5) is 15.0. The Hall–Kier alpha value is -2.09. The molecule has 14 heavy (non-hydrogen) atoms. The molecule has 72 valence electrons. The van der Waals surface area contributed by atoms with Gasteiger partial charge in [0.05, 0.1) is 14.2 Å². The van der Waals surface area contributed by atoms with Crippen LogP contribution in [-0.2, 0) is 4.74 Å². The van der Waals surface area contributed by atoms with E-state index in [0.29, 0.717) is 0 Å². The average Bonchev–Trinajstić information content (AvgIpc) is 2.27. The molecule has 1 aromatic rings. The fraction of sp³-hybridized carbons (Fsp3) is 0.222. The predicted molar refractivity (Wildman–Crippen MR) is 46.8 cm³/mol. The van der Waals surface area contributed by atoms with Gasteiger partial charge in [-0.25, -0.2) is 9.78 Å². The van der Waals surface area contributed by atoms with Crippen molar-refractivity contribution >= 4 is 5.97 Å². The molecule has 0 fully saturated rings. The Morgan fingerprint density at radius 2 is 2.21 bits per heavy atom. The van der Waals surface area contributed by atoms with Crippen LogP contribution in [0.1, 0.15) is 16.1 Å². The van der Waals surface area contributed by atoms with Crippen LogP contribution in [0.3, 0.4) is 0 Å². The Morgan fingerprint density at radius 3 is 2.71 bits per heavy atom. The molecule has 0 saturated carbocycles. The highest BCUT2D eigenvalue weighted by molar-refractivity contribution is 5.91. The topological polar surface area (TPSA) is 72.2 Å². The van der Waals surface area contributed by atoms with E-state index in [4.69, 9.17) is 10.00 Å². The molecule has 1 heterocycles. The Balaban J connectivity index is 3.19. The van der Waals surface area contributed by atoms with Gasteiger partial charge < -0.3 is 9.47 Å². The van der Waals surface area contributed by atoms with Crippen LogP contribution in [0.25, 0.3) is 0 Å². The third-order valence-electron chi connectivity index (χ3n) is 1.57. The second-order valence-electron chi connectivity index (χ2n) is 2.36. The Bertz CT molecular complexity index is 396. The van der Waals surface area contributed by atoms with Crippen molar-refractivity contribution < 1.29 is 14.3 Å². The number of pyridine rings is 1. The molecule has 0 aliphatic carbocycles. The number of nitrogens with zero attached hydrogens (tertiary/aromatic N) is 2. The highest BCUT2D eigenvalue weighted by Gasteiger charge is 2.14. The smallest absolute Gasteiger partial charge is 0.343 e. The van der Waals surface area contributed by atoms with E-state index < -0.39 is 5.97 Å². The molecule has 0 N–H and O–H groups in total. The number of hydrogen-bond donors (Lipinski definition) is 0. The van der Waals surface area contributed by atoms with Gasteiger partial charge >= 0.3 is 5.97 Å². The van der Waals surface area contributed by atoms with Crippen LogP contribution in [0.4, 0.5) is 0 Å².